The second-order valence-electron chi connectivity index (χ2n) is 5.46. The monoisotopic (exact) mass is 276 g/mol. The average Bonchev–Trinajstić information content (AvgIpc) is 2.92. The Morgan fingerprint density at radius 3 is 2.74 bits per heavy atom. The second kappa shape index (κ2) is 4.69. The minimum Gasteiger partial charge on any atom is -0.319 e. The van der Waals surface area contributed by atoms with Gasteiger partial charge in [0.25, 0.3) is 0 Å². The number of nitrogens with two attached hydrogens (primary N) is 1. The molecular weight excluding hydrogens is 259 g/mol. The minimum absolute atomic E-state index is 0.212. The highest BCUT2D eigenvalue weighted by Gasteiger charge is 2.28. The van der Waals surface area contributed by atoms with Crippen LogP contribution < -0.4 is 5.73 Å². The first kappa shape index (κ1) is 12.8. The fourth-order valence-corrected chi connectivity index (χ4v) is 3.74. The van der Waals surface area contributed by atoms with Crippen molar-refractivity contribution in [3.05, 3.63) is 51.2 Å². The van der Waals surface area contributed by atoms with Gasteiger partial charge in [-0.25, -0.2) is 9.37 Å². The summed E-state index contributed by atoms with van der Waals surface area (Å²) >= 11 is 1.74. The lowest BCUT2D eigenvalue weighted by atomic mass is 9.94. The largest absolute Gasteiger partial charge is 0.319 e. The van der Waals surface area contributed by atoms with Crippen molar-refractivity contribution in [3.8, 4) is 0 Å². The maximum atomic E-state index is 12.9. The highest BCUT2D eigenvalue weighted by atomic mass is 32.1. The van der Waals surface area contributed by atoms with Gasteiger partial charge in [-0.2, -0.15) is 0 Å². The smallest absolute Gasteiger partial charge is 0.123 e. The van der Waals surface area contributed by atoms with Gasteiger partial charge in [0, 0.05) is 4.88 Å². The molecule has 19 heavy (non-hydrogen) atoms. The van der Waals surface area contributed by atoms with Crippen LogP contribution in [-0.2, 0) is 24.8 Å². The van der Waals surface area contributed by atoms with E-state index in [0.717, 1.165) is 23.4 Å². The third-order valence-corrected chi connectivity index (χ3v) is 5.01. The molecule has 1 aliphatic rings. The number of benzene rings is 1. The predicted octanol–water partition coefficient (Wildman–Crippen LogP) is 3.19. The summed E-state index contributed by atoms with van der Waals surface area (Å²) in [4.78, 5) is 6.09. The molecule has 3 rings (SSSR count). The number of nitrogens with zero attached hydrogens (tertiary/aromatic N) is 1. The molecule has 1 atom stereocenters. The van der Waals surface area contributed by atoms with E-state index in [1.54, 1.807) is 23.5 Å². The van der Waals surface area contributed by atoms with Gasteiger partial charge in [-0.05, 0) is 50.3 Å². The summed E-state index contributed by atoms with van der Waals surface area (Å²) in [7, 11) is 0. The molecule has 0 fully saturated rings. The van der Waals surface area contributed by atoms with Crippen molar-refractivity contribution in [2.75, 3.05) is 0 Å². The van der Waals surface area contributed by atoms with Gasteiger partial charge in [-0.1, -0.05) is 12.1 Å². The molecule has 0 saturated heterocycles. The molecule has 1 unspecified atom stereocenters. The molecule has 100 valence electrons. The molecule has 0 spiro atoms. The standard InChI is InChI=1S/C15H17FN2S/c1-15(17,9-10-5-7-11(16)8-6-10)14-18-12-3-2-4-13(12)19-14/h5-8H,2-4,9,17H2,1H3. The zero-order valence-corrected chi connectivity index (χ0v) is 11.8. The van der Waals surface area contributed by atoms with E-state index in [1.807, 2.05) is 6.92 Å². The molecule has 1 heterocycles. The second-order valence-corrected chi connectivity index (χ2v) is 6.55. The Labute approximate surface area is 116 Å². The molecule has 2 aromatic rings. The molecule has 0 amide bonds. The molecule has 1 aliphatic carbocycles. The first-order chi connectivity index (χ1) is 9.04. The van der Waals surface area contributed by atoms with Crippen LogP contribution in [0.25, 0.3) is 0 Å². The van der Waals surface area contributed by atoms with Crippen molar-refractivity contribution in [1.82, 2.24) is 4.98 Å². The lowest BCUT2D eigenvalue weighted by Gasteiger charge is -2.22. The highest BCUT2D eigenvalue weighted by Crippen LogP contribution is 2.33. The summed E-state index contributed by atoms with van der Waals surface area (Å²) < 4.78 is 12.9. The molecule has 0 bridgehead atoms. The molecule has 2 N–H and O–H groups in total. The Kier molecular flexibility index (Phi) is 3.15. The maximum absolute atomic E-state index is 12.9. The van der Waals surface area contributed by atoms with Gasteiger partial charge in [0.1, 0.15) is 10.8 Å². The van der Waals surface area contributed by atoms with Crippen molar-refractivity contribution in [2.45, 2.75) is 38.1 Å². The van der Waals surface area contributed by atoms with Crippen LogP contribution in [0.4, 0.5) is 4.39 Å². The molecule has 1 aromatic heterocycles. The number of fused-ring (bicyclic) bond motifs is 1. The number of rotatable bonds is 3. The van der Waals surface area contributed by atoms with Gasteiger partial charge in [0.2, 0.25) is 0 Å². The summed E-state index contributed by atoms with van der Waals surface area (Å²) in [6.45, 7) is 2.00. The Morgan fingerprint density at radius 1 is 1.32 bits per heavy atom. The summed E-state index contributed by atoms with van der Waals surface area (Å²) in [6, 6.07) is 6.55. The first-order valence-electron chi connectivity index (χ1n) is 6.57. The van der Waals surface area contributed by atoms with E-state index < -0.39 is 5.54 Å². The maximum Gasteiger partial charge on any atom is 0.123 e. The van der Waals surface area contributed by atoms with Gasteiger partial charge >= 0.3 is 0 Å². The fraction of sp³-hybridized carbons (Fsp3) is 0.400. The topological polar surface area (TPSA) is 38.9 Å². The van der Waals surface area contributed by atoms with E-state index in [-0.39, 0.29) is 5.82 Å². The quantitative estimate of drug-likeness (QED) is 0.935. The molecule has 0 saturated carbocycles. The Bertz CT molecular complexity index is 565. The van der Waals surface area contributed by atoms with E-state index in [1.165, 1.54) is 29.1 Å². The van der Waals surface area contributed by atoms with Crippen LogP contribution in [0.2, 0.25) is 0 Å². The van der Waals surface area contributed by atoms with Crippen LogP contribution in [0.1, 0.15) is 34.5 Å². The zero-order chi connectivity index (χ0) is 13.5. The third kappa shape index (κ3) is 2.55. The van der Waals surface area contributed by atoms with Crippen molar-refractivity contribution in [2.24, 2.45) is 5.73 Å². The van der Waals surface area contributed by atoms with E-state index in [4.69, 9.17) is 10.7 Å². The van der Waals surface area contributed by atoms with Gasteiger partial charge in [-0.15, -0.1) is 11.3 Å². The first-order valence-corrected chi connectivity index (χ1v) is 7.39. The van der Waals surface area contributed by atoms with E-state index in [0.29, 0.717) is 6.42 Å². The van der Waals surface area contributed by atoms with Gasteiger partial charge < -0.3 is 5.73 Å². The van der Waals surface area contributed by atoms with Crippen LogP contribution in [-0.4, -0.2) is 4.98 Å². The summed E-state index contributed by atoms with van der Waals surface area (Å²) in [6.07, 6.45) is 4.12. The van der Waals surface area contributed by atoms with Crippen molar-refractivity contribution >= 4 is 11.3 Å². The van der Waals surface area contributed by atoms with Crippen LogP contribution in [0.3, 0.4) is 0 Å². The van der Waals surface area contributed by atoms with Crippen LogP contribution in [0.5, 0.6) is 0 Å². The molecule has 2 nitrogen and oxygen atoms in total. The van der Waals surface area contributed by atoms with Crippen molar-refractivity contribution in [1.29, 1.82) is 0 Å². The Morgan fingerprint density at radius 2 is 2.05 bits per heavy atom. The summed E-state index contributed by atoms with van der Waals surface area (Å²) in [5.41, 5.74) is 8.22. The lowest BCUT2D eigenvalue weighted by Crippen LogP contribution is -2.35. The number of halogens is 1. The van der Waals surface area contributed by atoms with Crippen LogP contribution >= 0.6 is 11.3 Å². The number of hydrogen-bond acceptors (Lipinski definition) is 3. The normalized spacial score (nSPS) is 17.2. The van der Waals surface area contributed by atoms with E-state index in [2.05, 4.69) is 0 Å². The zero-order valence-electron chi connectivity index (χ0n) is 10.9. The number of aromatic nitrogens is 1. The highest BCUT2D eigenvalue weighted by molar-refractivity contribution is 7.12. The molecule has 4 heteroatoms. The van der Waals surface area contributed by atoms with Crippen molar-refractivity contribution < 1.29 is 4.39 Å². The Hall–Kier alpha value is -1.26. The van der Waals surface area contributed by atoms with Crippen LogP contribution in [0, 0.1) is 5.82 Å². The van der Waals surface area contributed by atoms with E-state index in [9.17, 15) is 4.39 Å². The number of thiazole rings is 1. The van der Waals surface area contributed by atoms with Crippen molar-refractivity contribution in [3.63, 3.8) is 0 Å². The van der Waals surface area contributed by atoms with E-state index >= 15 is 0 Å². The predicted molar refractivity (Wildman–Crippen MR) is 75.8 cm³/mol. The third-order valence-electron chi connectivity index (χ3n) is 3.57. The minimum atomic E-state index is -0.479. The molecular formula is C15H17FN2S. The Balaban J connectivity index is 1.83. The van der Waals surface area contributed by atoms with Gasteiger partial charge in [0.15, 0.2) is 0 Å². The number of hydrogen-bond donors (Lipinski definition) is 1. The molecule has 0 radical (unpaired) electrons. The van der Waals surface area contributed by atoms with Gasteiger partial charge in [0.05, 0.1) is 11.2 Å². The summed E-state index contributed by atoms with van der Waals surface area (Å²) in [5.74, 6) is -0.212. The molecule has 1 aromatic carbocycles. The molecule has 0 aliphatic heterocycles. The lowest BCUT2D eigenvalue weighted by molar-refractivity contribution is 0.486. The average molecular weight is 276 g/mol. The van der Waals surface area contributed by atoms with Gasteiger partial charge in [-0.3, -0.25) is 0 Å². The summed E-state index contributed by atoms with van der Waals surface area (Å²) in [5, 5.41) is 1.00. The number of aryl methyl sites for hydroxylation is 2. The SMILES string of the molecule is CC(N)(Cc1ccc(F)cc1)c1nc2c(s1)CCC2. The van der Waals surface area contributed by atoms with Crippen LogP contribution in [0.15, 0.2) is 24.3 Å². The fourth-order valence-electron chi connectivity index (χ4n) is 2.54.